The Morgan fingerprint density at radius 3 is 2.36 bits per heavy atom. The monoisotopic (exact) mass is 179 g/mol. The molecule has 0 aliphatic carbocycles. The second kappa shape index (κ2) is 4.69. The van der Waals surface area contributed by atoms with Gasteiger partial charge in [-0.2, -0.15) is 12.7 Å². The number of hydrogen-bond donors (Lipinski definition) is 1. The van der Waals surface area contributed by atoms with Crippen LogP contribution in [0.25, 0.3) is 0 Å². The van der Waals surface area contributed by atoms with Gasteiger partial charge in [-0.3, -0.25) is 0 Å². The molecule has 0 aliphatic heterocycles. The van der Waals surface area contributed by atoms with Crippen LogP contribution in [0.3, 0.4) is 0 Å². The molecule has 0 aromatic rings. The average molecular weight is 179 g/mol. The maximum Gasteiger partial charge on any atom is 0.278 e. The molecule has 0 aromatic heterocycles. The lowest BCUT2D eigenvalue weighted by atomic mass is 10.3. The van der Waals surface area contributed by atoms with E-state index in [9.17, 15) is 8.42 Å². The van der Waals surface area contributed by atoms with Gasteiger partial charge in [0.25, 0.3) is 10.2 Å². The molecule has 67 valence electrons. The highest BCUT2D eigenvalue weighted by molar-refractivity contribution is 7.87. The lowest BCUT2D eigenvalue weighted by Gasteiger charge is -2.11. The van der Waals surface area contributed by atoms with E-state index in [0.29, 0.717) is 6.54 Å². The molecule has 0 atom stereocenters. The third-order valence-electron chi connectivity index (χ3n) is 1.19. The molecule has 0 saturated heterocycles. The summed E-state index contributed by atoms with van der Waals surface area (Å²) in [4.78, 5) is 0. The van der Waals surface area contributed by atoms with E-state index in [0.717, 1.165) is 17.1 Å². The van der Waals surface area contributed by atoms with Crippen molar-refractivity contribution in [3.05, 3.63) is 6.92 Å². The Labute approximate surface area is 68.8 Å². The maximum absolute atomic E-state index is 11.0. The molecule has 0 amide bonds. The van der Waals surface area contributed by atoms with Gasteiger partial charge in [-0.1, -0.05) is 13.3 Å². The van der Waals surface area contributed by atoms with Crippen molar-refractivity contribution in [2.45, 2.75) is 12.8 Å². The van der Waals surface area contributed by atoms with Crippen LogP contribution in [0, 0.1) is 6.92 Å². The zero-order valence-corrected chi connectivity index (χ0v) is 7.82. The minimum Gasteiger partial charge on any atom is -0.202 e. The van der Waals surface area contributed by atoms with Crippen LogP contribution in [0.15, 0.2) is 0 Å². The molecule has 0 rings (SSSR count). The van der Waals surface area contributed by atoms with Crippen molar-refractivity contribution in [3.63, 3.8) is 0 Å². The van der Waals surface area contributed by atoms with Crippen LogP contribution in [0.1, 0.15) is 12.8 Å². The molecule has 1 radical (unpaired) electrons. The Morgan fingerprint density at radius 1 is 1.45 bits per heavy atom. The van der Waals surface area contributed by atoms with Crippen LogP contribution in [-0.4, -0.2) is 33.4 Å². The molecule has 0 unspecified atom stereocenters. The second-order valence-corrected chi connectivity index (χ2v) is 4.36. The predicted octanol–water partition coefficient (Wildman–Crippen LogP) is -0.00331. The van der Waals surface area contributed by atoms with Gasteiger partial charge in [0.05, 0.1) is 0 Å². The SMILES string of the molecule is [CH2]CCCNS(=O)(=O)N(C)C. The fourth-order valence-corrected chi connectivity index (χ4v) is 1.12. The van der Waals surface area contributed by atoms with Crippen molar-refractivity contribution >= 4 is 10.2 Å². The van der Waals surface area contributed by atoms with Crippen molar-refractivity contribution < 1.29 is 8.42 Å². The zero-order valence-electron chi connectivity index (χ0n) is 7.00. The largest absolute Gasteiger partial charge is 0.278 e. The van der Waals surface area contributed by atoms with E-state index in [2.05, 4.69) is 11.6 Å². The molecular formula is C6H15N2O2S. The molecule has 4 nitrogen and oxygen atoms in total. The number of unbranched alkanes of at least 4 members (excludes halogenated alkanes) is 1. The summed E-state index contributed by atoms with van der Waals surface area (Å²) in [6.45, 7) is 4.06. The van der Waals surface area contributed by atoms with Gasteiger partial charge < -0.3 is 0 Å². The second-order valence-electron chi connectivity index (χ2n) is 2.39. The van der Waals surface area contributed by atoms with E-state index in [-0.39, 0.29) is 0 Å². The molecular weight excluding hydrogens is 164 g/mol. The Kier molecular flexibility index (Phi) is 4.63. The summed E-state index contributed by atoms with van der Waals surface area (Å²) >= 11 is 0. The summed E-state index contributed by atoms with van der Waals surface area (Å²) in [6.07, 6.45) is 1.52. The molecule has 0 aliphatic rings. The van der Waals surface area contributed by atoms with Crippen molar-refractivity contribution in [2.75, 3.05) is 20.6 Å². The van der Waals surface area contributed by atoms with E-state index in [1.165, 1.54) is 14.1 Å². The van der Waals surface area contributed by atoms with E-state index in [4.69, 9.17) is 0 Å². The maximum atomic E-state index is 11.0. The number of hydrogen-bond acceptors (Lipinski definition) is 2. The van der Waals surface area contributed by atoms with Crippen LogP contribution in [0.5, 0.6) is 0 Å². The smallest absolute Gasteiger partial charge is 0.202 e. The Hall–Kier alpha value is -0.130. The van der Waals surface area contributed by atoms with Crippen LogP contribution >= 0.6 is 0 Å². The average Bonchev–Trinajstić information content (AvgIpc) is 1.88. The Morgan fingerprint density at radius 2 is 2.00 bits per heavy atom. The molecule has 0 heterocycles. The van der Waals surface area contributed by atoms with Crippen LogP contribution < -0.4 is 4.72 Å². The van der Waals surface area contributed by atoms with E-state index in [1.807, 2.05) is 0 Å². The molecule has 0 bridgehead atoms. The number of nitrogens with one attached hydrogen (secondary N) is 1. The van der Waals surface area contributed by atoms with Gasteiger partial charge in [-0.05, 0) is 6.42 Å². The lowest BCUT2D eigenvalue weighted by molar-refractivity contribution is 0.504. The van der Waals surface area contributed by atoms with Crippen molar-refractivity contribution in [1.29, 1.82) is 0 Å². The lowest BCUT2D eigenvalue weighted by Crippen LogP contribution is -2.36. The van der Waals surface area contributed by atoms with Gasteiger partial charge in [0.2, 0.25) is 0 Å². The van der Waals surface area contributed by atoms with Crippen LogP contribution in [0.4, 0.5) is 0 Å². The Bertz CT molecular complexity index is 187. The molecule has 0 aromatic carbocycles. The minimum absolute atomic E-state index is 0.462. The quantitative estimate of drug-likeness (QED) is 0.604. The predicted molar refractivity (Wildman–Crippen MR) is 45.2 cm³/mol. The highest BCUT2D eigenvalue weighted by Crippen LogP contribution is 1.89. The van der Waals surface area contributed by atoms with Gasteiger partial charge in [0, 0.05) is 20.6 Å². The molecule has 1 N–H and O–H groups in total. The van der Waals surface area contributed by atoms with Crippen LogP contribution in [0.2, 0.25) is 0 Å². The van der Waals surface area contributed by atoms with Gasteiger partial charge >= 0.3 is 0 Å². The summed E-state index contributed by atoms with van der Waals surface area (Å²) in [5.41, 5.74) is 0. The molecule has 11 heavy (non-hydrogen) atoms. The minimum atomic E-state index is -3.21. The highest BCUT2D eigenvalue weighted by Gasteiger charge is 2.10. The Balaban J connectivity index is 3.75. The van der Waals surface area contributed by atoms with Crippen LogP contribution in [-0.2, 0) is 10.2 Å². The normalized spacial score (nSPS) is 12.4. The highest BCUT2D eigenvalue weighted by atomic mass is 32.2. The van der Waals surface area contributed by atoms with E-state index < -0.39 is 10.2 Å². The molecule has 0 saturated carbocycles. The van der Waals surface area contributed by atoms with E-state index >= 15 is 0 Å². The molecule has 0 fully saturated rings. The first-order chi connectivity index (χ1) is 5.00. The van der Waals surface area contributed by atoms with Crippen molar-refractivity contribution in [2.24, 2.45) is 0 Å². The summed E-state index contributed by atoms with van der Waals surface area (Å²) in [5.74, 6) is 0. The summed E-state index contributed by atoms with van der Waals surface area (Å²) in [7, 11) is -0.230. The third-order valence-corrected chi connectivity index (χ3v) is 2.72. The van der Waals surface area contributed by atoms with E-state index in [1.54, 1.807) is 0 Å². The molecule has 0 spiro atoms. The fourth-order valence-electron chi connectivity index (χ4n) is 0.455. The fraction of sp³-hybridized carbons (Fsp3) is 0.833. The summed E-state index contributed by atoms with van der Waals surface area (Å²) < 4.78 is 25.6. The van der Waals surface area contributed by atoms with Gasteiger partial charge in [-0.15, -0.1) is 0 Å². The summed E-state index contributed by atoms with van der Waals surface area (Å²) in [6, 6.07) is 0. The number of nitrogens with zero attached hydrogens (tertiary/aromatic N) is 1. The van der Waals surface area contributed by atoms with Gasteiger partial charge in [0.1, 0.15) is 0 Å². The first-order valence-electron chi connectivity index (χ1n) is 3.47. The van der Waals surface area contributed by atoms with Crippen molar-refractivity contribution in [1.82, 2.24) is 9.03 Å². The molecule has 5 heteroatoms. The standard InChI is InChI=1S/C6H15N2O2S/c1-4-5-6-7-11(9,10)8(2)3/h7H,1,4-6H2,2-3H3. The summed E-state index contributed by atoms with van der Waals surface area (Å²) in [5, 5.41) is 0. The van der Waals surface area contributed by atoms with Gasteiger partial charge in [-0.25, -0.2) is 4.72 Å². The topological polar surface area (TPSA) is 49.4 Å². The first-order valence-corrected chi connectivity index (χ1v) is 4.91. The zero-order chi connectivity index (χ0) is 8.91. The third kappa shape index (κ3) is 4.34. The van der Waals surface area contributed by atoms with Gasteiger partial charge in [0.15, 0.2) is 0 Å². The first kappa shape index (κ1) is 10.9. The number of rotatable bonds is 5. The van der Waals surface area contributed by atoms with Crippen molar-refractivity contribution in [3.8, 4) is 0 Å².